The SMILES string of the molecule is O=COCc1ccc(O[C@@H]2O[C@H](C(=O)O)[C@@H](O)[C@H](O)[C@H]2O)c(NC(=O)CCNC(=O)CCCCCN2C(=O)C=CC2=O)c1. The van der Waals surface area contributed by atoms with Gasteiger partial charge in [0.2, 0.25) is 18.1 Å². The molecule has 0 radical (unpaired) electrons. The number of benzene rings is 1. The van der Waals surface area contributed by atoms with E-state index in [0.717, 1.165) is 4.90 Å². The normalized spacial score (nSPS) is 23.1. The summed E-state index contributed by atoms with van der Waals surface area (Å²) in [4.78, 5) is 70.9. The van der Waals surface area contributed by atoms with E-state index in [1.54, 1.807) is 0 Å². The molecule has 16 nitrogen and oxygen atoms in total. The maximum Gasteiger partial charge on any atom is 0.335 e. The van der Waals surface area contributed by atoms with Gasteiger partial charge in [0, 0.05) is 38.1 Å². The number of nitrogens with zero attached hydrogens (tertiary/aromatic N) is 1. The number of rotatable bonds is 16. The minimum Gasteiger partial charge on any atom is -0.479 e. The van der Waals surface area contributed by atoms with Crippen molar-refractivity contribution in [1.29, 1.82) is 0 Å². The second kappa shape index (κ2) is 15.7. The molecule has 2 heterocycles. The van der Waals surface area contributed by atoms with E-state index in [9.17, 15) is 49.2 Å². The van der Waals surface area contributed by atoms with Crippen LogP contribution in [0.2, 0.25) is 0 Å². The Morgan fingerprint density at radius 1 is 0.953 bits per heavy atom. The highest BCUT2D eigenvalue weighted by Gasteiger charge is 2.48. The van der Waals surface area contributed by atoms with Gasteiger partial charge in [0.15, 0.2) is 6.10 Å². The number of nitrogens with one attached hydrogen (secondary N) is 2. The Bertz CT molecular complexity index is 1220. The fourth-order valence-corrected chi connectivity index (χ4v) is 4.27. The first-order chi connectivity index (χ1) is 20.5. The highest BCUT2D eigenvalue weighted by molar-refractivity contribution is 6.12. The number of hydrogen-bond acceptors (Lipinski definition) is 12. The molecule has 2 aliphatic heterocycles. The minimum absolute atomic E-state index is 0.00786. The second-order valence-electron chi connectivity index (χ2n) is 9.71. The summed E-state index contributed by atoms with van der Waals surface area (Å²) in [6.07, 6.45) is -5.18. The van der Waals surface area contributed by atoms with Gasteiger partial charge < -0.3 is 45.3 Å². The van der Waals surface area contributed by atoms with Crippen LogP contribution in [0.5, 0.6) is 5.75 Å². The van der Waals surface area contributed by atoms with Crippen molar-refractivity contribution in [2.75, 3.05) is 18.4 Å². The van der Waals surface area contributed by atoms with Crippen molar-refractivity contribution < 1.29 is 63.4 Å². The quantitative estimate of drug-likeness (QED) is 0.0718. The van der Waals surface area contributed by atoms with Crippen molar-refractivity contribution in [3.05, 3.63) is 35.9 Å². The number of carbonyl (C=O) groups excluding carboxylic acids is 5. The first-order valence-electron chi connectivity index (χ1n) is 13.4. The lowest BCUT2D eigenvalue weighted by Crippen LogP contribution is -2.61. The van der Waals surface area contributed by atoms with Crippen molar-refractivity contribution in [2.45, 2.75) is 69.4 Å². The number of unbranched alkanes of at least 4 members (excludes halogenated alkanes) is 2. The largest absolute Gasteiger partial charge is 0.479 e. The van der Waals surface area contributed by atoms with Gasteiger partial charge >= 0.3 is 5.97 Å². The zero-order chi connectivity index (χ0) is 31.5. The molecule has 16 heteroatoms. The molecule has 0 aromatic heterocycles. The molecule has 0 spiro atoms. The van der Waals surface area contributed by atoms with Crippen LogP contribution < -0.4 is 15.4 Å². The van der Waals surface area contributed by atoms with Crippen molar-refractivity contribution in [1.82, 2.24) is 10.2 Å². The molecule has 234 valence electrons. The zero-order valence-corrected chi connectivity index (χ0v) is 22.9. The average molecular weight is 608 g/mol. The lowest BCUT2D eigenvalue weighted by atomic mass is 9.99. The van der Waals surface area contributed by atoms with E-state index in [4.69, 9.17) is 14.2 Å². The number of ether oxygens (including phenoxy) is 3. The Hall–Kier alpha value is -4.38. The van der Waals surface area contributed by atoms with Crippen LogP contribution in [0.25, 0.3) is 0 Å². The molecule has 43 heavy (non-hydrogen) atoms. The van der Waals surface area contributed by atoms with E-state index >= 15 is 0 Å². The third-order valence-electron chi connectivity index (χ3n) is 6.55. The molecule has 0 unspecified atom stereocenters. The van der Waals surface area contributed by atoms with Gasteiger partial charge in [-0.3, -0.25) is 28.9 Å². The van der Waals surface area contributed by atoms with Gasteiger partial charge in [-0.2, -0.15) is 0 Å². The van der Waals surface area contributed by atoms with Gasteiger partial charge in [0.25, 0.3) is 18.3 Å². The van der Waals surface area contributed by atoms with Crippen molar-refractivity contribution in [3.63, 3.8) is 0 Å². The molecule has 1 saturated heterocycles. The van der Waals surface area contributed by atoms with Gasteiger partial charge in [0.1, 0.15) is 30.7 Å². The second-order valence-corrected chi connectivity index (χ2v) is 9.71. The van der Waals surface area contributed by atoms with E-state index in [0.29, 0.717) is 24.8 Å². The molecular weight excluding hydrogens is 574 g/mol. The topological polar surface area (TPSA) is 238 Å². The molecule has 1 aromatic carbocycles. The molecule has 6 N–H and O–H groups in total. The summed E-state index contributed by atoms with van der Waals surface area (Å²) < 4.78 is 15.4. The number of aliphatic carboxylic acids is 1. The van der Waals surface area contributed by atoms with E-state index in [1.165, 1.54) is 30.4 Å². The van der Waals surface area contributed by atoms with Crippen molar-refractivity contribution in [2.24, 2.45) is 0 Å². The average Bonchev–Trinajstić information content (AvgIpc) is 3.29. The molecule has 5 atom stereocenters. The lowest BCUT2D eigenvalue weighted by molar-refractivity contribution is -0.271. The molecule has 4 amide bonds. The first kappa shape index (κ1) is 33.1. The van der Waals surface area contributed by atoms with E-state index in [-0.39, 0.29) is 68.2 Å². The number of anilines is 1. The third kappa shape index (κ3) is 9.31. The molecular formula is C27H33N3O13. The van der Waals surface area contributed by atoms with Gasteiger partial charge in [0.05, 0.1) is 5.69 Å². The van der Waals surface area contributed by atoms with Crippen LogP contribution in [-0.4, -0.2) is 105 Å². The summed E-state index contributed by atoms with van der Waals surface area (Å²) in [7, 11) is 0. The highest BCUT2D eigenvalue weighted by atomic mass is 16.7. The fraction of sp³-hybridized carbons (Fsp3) is 0.481. The van der Waals surface area contributed by atoms with Crippen LogP contribution in [0.1, 0.15) is 37.7 Å². The van der Waals surface area contributed by atoms with E-state index in [1.807, 2.05) is 0 Å². The van der Waals surface area contributed by atoms with E-state index < -0.39 is 42.6 Å². The maximum atomic E-state index is 12.6. The van der Waals surface area contributed by atoms with Crippen molar-refractivity contribution >= 4 is 41.8 Å². The van der Waals surface area contributed by atoms with Gasteiger partial charge in [-0.25, -0.2) is 4.79 Å². The number of imide groups is 1. The zero-order valence-electron chi connectivity index (χ0n) is 22.9. The Kier molecular flexibility index (Phi) is 12.1. The summed E-state index contributed by atoms with van der Waals surface area (Å²) in [6.45, 7) is 0.337. The molecule has 1 aromatic rings. The van der Waals surface area contributed by atoms with Gasteiger partial charge in [-0.15, -0.1) is 0 Å². The lowest BCUT2D eigenvalue weighted by Gasteiger charge is -2.38. The van der Waals surface area contributed by atoms with Crippen LogP contribution in [0.3, 0.4) is 0 Å². The van der Waals surface area contributed by atoms with Crippen LogP contribution in [0, 0.1) is 0 Å². The van der Waals surface area contributed by atoms with Gasteiger partial charge in [-0.05, 0) is 30.5 Å². The number of carbonyl (C=O) groups is 6. The summed E-state index contributed by atoms with van der Waals surface area (Å²) in [6, 6.07) is 4.18. The number of carboxylic acids is 1. The number of amides is 4. The Morgan fingerprint density at radius 2 is 1.67 bits per heavy atom. The number of hydrogen-bond donors (Lipinski definition) is 6. The predicted molar refractivity (Wildman–Crippen MR) is 143 cm³/mol. The summed E-state index contributed by atoms with van der Waals surface area (Å²) in [5, 5.41) is 44.6. The van der Waals surface area contributed by atoms with Crippen LogP contribution >= 0.6 is 0 Å². The molecule has 3 rings (SSSR count). The summed E-state index contributed by atoms with van der Waals surface area (Å²) in [5.74, 6) is -3.26. The number of carboxylic acid groups (broad SMARTS) is 1. The Balaban J connectivity index is 1.50. The standard InChI is InChI=1S/C27H33N3O13/c31-14-41-13-15-5-6-17(42-27-24(38)22(36)23(37)25(43-27)26(39)40)16(12-15)29-19(33)9-10-28-18(32)4-2-1-3-11-30-20(34)7-8-21(30)35/h5-8,12,14,22-25,27,36-38H,1-4,9-11,13H2,(H,28,32)(H,29,33)(H,39,40)/t22-,23-,24+,25-,27+/m0/s1. The van der Waals surface area contributed by atoms with Crippen LogP contribution in [0.4, 0.5) is 5.69 Å². The smallest absolute Gasteiger partial charge is 0.335 e. The molecule has 0 saturated carbocycles. The minimum atomic E-state index is -1.92. The summed E-state index contributed by atoms with van der Waals surface area (Å²) >= 11 is 0. The van der Waals surface area contributed by atoms with Gasteiger partial charge in [-0.1, -0.05) is 12.5 Å². The first-order valence-corrected chi connectivity index (χ1v) is 13.4. The third-order valence-corrected chi connectivity index (χ3v) is 6.55. The highest BCUT2D eigenvalue weighted by Crippen LogP contribution is 2.31. The molecule has 2 aliphatic rings. The fourth-order valence-electron chi connectivity index (χ4n) is 4.27. The number of aliphatic hydroxyl groups is 3. The maximum absolute atomic E-state index is 12.6. The Morgan fingerprint density at radius 3 is 2.35 bits per heavy atom. The monoisotopic (exact) mass is 607 g/mol. The van der Waals surface area contributed by atoms with Crippen LogP contribution in [-0.2, 0) is 44.8 Å². The molecule has 1 fully saturated rings. The van der Waals surface area contributed by atoms with Crippen molar-refractivity contribution in [3.8, 4) is 5.75 Å². The Labute approximate surface area is 245 Å². The molecule has 0 aliphatic carbocycles. The predicted octanol–water partition coefficient (Wildman–Crippen LogP) is -1.44. The summed E-state index contributed by atoms with van der Waals surface area (Å²) in [5.41, 5.74) is 0.457. The number of aliphatic hydroxyl groups excluding tert-OH is 3. The van der Waals surface area contributed by atoms with Crippen LogP contribution in [0.15, 0.2) is 30.4 Å². The van der Waals surface area contributed by atoms with E-state index in [2.05, 4.69) is 10.6 Å². The molecule has 0 bridgehead atoms.